The Morgan fingerprint density at radius 2 is 1.86 bits per heavy atom. The van der Waals surface area contributed by atoms with E-state index in [1.807, 2.05) is 17.2 Å². The molecular weight excluding hydrogens is 438 g/mol. The van der Waals surface area contributed by atoms with Crippen LogP contribution in [0.25, 0.3) is 0 Å². The Bertz CT molecular complexity index is 988. The van der Waals surface area contributed by atoms with Crippen LogP contribution in [0.4, 0.5) is 5.69 Å². The van der Waals surface area contributed by atoms with Crippen molar-refractivity contribution in [1.82, 2.24) is 20.1 Å². The predicted octanol–water partition coefficient (Wildman–Crippen LogP) is 3.16. The lowest BCUT2D eigenvalue weighted by Gasteiger charge is -2.38. The Kier molecular flexibility index (Phi) is 8.74. The van der Waals surface area contributed by atoms with E-state index in [2.05, 4.69) is 58.2 Å². The van der Waals surface area contributed by atoms with Crippen molar-refractivity contribution >= 4 is 17.5 Å². The topological polar surface area (TPSA) is 68.8 Å². The molecule has 35 heavy (non-hydrogen) atoms. The van der Waals surface area contributed by atoms with Crippen molar-refractivity contribution < 1.29 is 9.59 Å². The van der Waals surface area contributed by atoms with Crippen LogP contribution in [0.2, 0.25) is 0 Å². The smallest absolute Gasteiger partial charge is 0.225 e. The molecule has 2 saturated heterocycles. The molecule has 1 atom stereocenters. The molecule has 2 aromatic rings. The molecule has 1 N–H and O–H groups in total. The van der Waals surface area contributed by atoms with Gasteiger partial charge in [-0.15, -0.1) is 0 Å². The highest BCUT2D eigenvalue weighted by Gasteiger charge is 2.28. The number of nitrogens with one attached hydrogen (secondary N) is 1. The highest BCUT2D eigenvalue weighted by atomic mass is 16.2. The molecule has 7 heteroatoms. The number of hydrogen-bond donors (Lipinski definition) is 1. The average molecular weight is 478 g/mol. The van der Waals surface area contributed by atoms with Gasteiger partial charge in [-0.1, -0.05) is 18.2 Å². The number of anilines is 1. The van der Waals surface area contributed by atoms with Crippen LogP contribution in [0.5, 0.6) is 0 Å². The van der Waals surface area contributed by atoms with Crippen LogP contribution in [0, 0.1) is 19.8 Å². The van der Waals surface area contributed by atoms with Crippen LogP contribution >= 0.6 is 0 Å². The summed E-state index contributed by atoms with van der Waals surface area (Å²) in [6.07, 6.45) is 6.67. The van der Waals surface area contributed by atoms with Crippen LogP contribution in [0.3, 0.4) is 0 Å². The summed E-state index contributed by atoms with van der Waals surface area (Å²) in [5.41, 5.74) is 5.06. The van der Waals surface area contributed by atoms with E-state index in [0.29, 0.717) is 19.4 Å². The van der Waals surface area contributed by atoms with Gasteiger partial charge < -0.3 is 15.1 Å². The molecular formula is C28H39N5O2. The van der Waals surface area contributed by atoms with Crippen LogP contribution in [-0.2, 0) is 16.1 Å². The summed E-state index contributed by atoms with van der Waals surface area (Å²) in [7, 11) is 0. The fourth-order valence-electron chi connectivity index (χ4n) is 5.21. The number of pyridine rings is 1. The van der Waals surface area contributed by atoms with E-state index in [1.54, 1.807) is 6.20 Å². The van der Waals surface area contributed by atoms with Crippen molar-refractivity contribution in [3.8, 4) is 0 Å². The molecule has 3 heterocycles. The number of nitrogens with zero attached hydrogens (tertiary/aromatic N) is 4. The van der Waals surface area contributed by atoms with E-state index in [4.69, 9.17) is 0 Å². The van der Waals surface area contributed by atoms with E-state index in [9.17, 15) is 9.59 Å². The van der Waals surface area contributed by atoms with Gasteiger partial charge in [0.15, 0.2) is 0 Å². The SMILES string of the molecule is Cc1cccc(N2CCN(C(=O)C3CCCN(Cc4cccnc4)CCC(=O)NCC3)CC2)c1C. The zero-order chi connectivity index (χ0) is 24.6. The second kappa shape index (κ2) is 12.2. The van der Waals surface area contributed by atoms with Gasteiger partial charge >= 0.3 is 0 Å². The first kappa shape index (κ1) is 25.2. The second-order valence-electron chi connectivity index (χ2n) is 9.90. The standard InChI is InChI=1S/C28H39N5O2/c1-22-6-3-9-26(23(22)2)32-16-18-33(19-17-32)28(35)25-8-5-14-31(15-11-27(34)30-13-10-25)21-24-7-4-12-29-20-24/h3-4,6-7,9,12,20,25H,5,8,10-11,13-19,21H2,1-2H3,(H,30,34). The maximum atomic E-state index is 13.5. The van der Waals surface area contributed by atoms with Crippen molar-refractivity contribution in [3.05, 3.63) is 59.4 Å². The third-order valence-electron chi connectivity index (χ3n) is 7.48. The quantitative estimate of drug-likeness (QED) is 0.733. The first-order valence-electron chi connectivity index (χ1n) is 13.0. The molecule has 1 unspecified atom stereocenters. The molecule has 0 radical (unpaired) electrons. The molecule has 188 valence electrons. The zero-order valence-electron chi connectivity index (χ0n) is 21.2. The molecule has 0 saturated carbocycles. The van der Waals surface area contributed by atoms with Gasteiger partial charge in [0, 0.05) is 76.2 Å². The van der Waals surface area contributed by atoms with Gasteiger partial charge in [-0.3, -0.25) is 19.5 Å². The number of hydrogen-bond acceptors (Lipinski definition) is 5. The van der Waals surface area contributed by atoms with Gasteiger partial charge in [-0.05, 0) is 68.5 Å². The van der Waals surface area contributed by atoms with Gasteiger partial charge in [0.25, 0.3) is 0 Å². The number of carbonyl (C=O) groups is 2. The summed E-state index contributed by atoms with van der Waals surface area (Å²) in [5.74, 6) is 0.273. The Morgan fingerprint density at radius 3 is 2.63 bits per heavy atom. The third-order valence-corrected chi connectivity index (χ3v) is 7.48. The zero-order valence-corrected chi connectivity index (χ0v) is 21.2. The van der Waals surface area contributed by atoms with E-state index in [0.717, 1.165) is 64.2 Å². The minimum Gasteiger partial charge on any atom is -0.368 e. The molecule has 0 aliphatic carbocycles. The van der Waals surface area contributed by atoms with E-state index >= 15 is 0 Å². The van der Waals surface area contributed by atoms with Gasteiger partial charge in [0.1, 0.15) is 0 Å². The van der Waals surface area contributed by atoms with Crippen molar-refractivity contribution in [3.63, 3.8) is 0 Å². The van der Waals surface area contributed by atoms with Gasteiger partial charge in [0.2, 0.25) is 11.8 Å². The normalized spacial score (nSPS) is 20.7. The highest BCUT2D eigenvalue weighted by Crippen LogP contribution is 2.25. The Balaban J connectivity index is 1.34. The Hall–Kier alpha value is -2.93. The number of aryl methyl sites for hydroxylation is 1. The van der Waals surface area contributed by atoms with E-state index < -0.39 is 0 Å². The van der Waals surface area contributed by atoms with E-state index in [-0.39, 0.29) is 17.7 Å². The van der Waals surface area contributed by atoms with Crippen LogP contribution in [0.15, 0.2) is 42.7 Å². The molecule has 2 fully saturated rings. The molecule has 1 aromatic carbocycles. The maximum Gasteiger partial charge on any atom is 0.225 e. The number of rotatable bonds is 4. The number of carbonyl (C=O) groups excluding carboxylic acids is 2. The van der Waals surface area contributed by atoms with Crippen LogP contribution < -0.4 is 10.2 Å². The van der Waals surface area contributed by atoms with Gasteiger partial charge in [-0.2, -0.15) is 0 Å². The lowest BCUT2D eigenvalue weighted by molar-refractivity contribution is -0.136. The summed E-state index contributed by atoms with van der Waals surface area (Å²) in [4.78, 5) is 36.8. The number of aromatic nitrogens is 1. The summed E-state index contributed by atoms with van der Waals surface area (Å²) in [5, 5.41) is 3.04. The fraction of sp³-hybridized carbons (Fsp3) is 0.536. The number of amides is 2. The molecule has 0 bridgehead atoms. The fourth-order valence-corrected chi connectivity index (χ4v) is 5.21. The molecule has 2 aliphatic heterocycles. The molecule has 7 nitrogen and oxygen atoms in total. The Labute approximate surface area is 209 Å². The van der Waals surface area contributed by atoms with Gasteiger partial charge in [-0.25, -0.2) is 0 Å². The van der Waals surface area contributed by atoms with Crippen molar-refractivity contribution in [2.45, 2.75) is 46.1 Å². The van der Waals surface area contributed by atoms with Crippen molar-refractivity contribution in [1.29, 1.82) is 0 Å². The average Bonchev–Trinajstić information content (AvgIpc) is 2.91. The van der Waals surface area contributed by atoms with Crippen molar-refractivity contribution in [2.75, 3.05) is 50.7 Å². The molecule has 2 amide bonds. The van der Waals surface area contributed by atoms with E-state index in [1.165, 1.54) is 16.8 Å². The molecule has 0 spiro atoms. The first-order chi connectivity index (χ1) is 17.0. The minimum atomic E-state index is -0.0408. The largest absolute Gasteiger partial charge is 0.368 e. The highest BCUT2D eigenvalue weighted by molar-refractivity contribution is 5.79. The summed E-state index contributed by atoms with van der Waals surface area (Å²) >= 11 is 0. The maximum absolute atomic E-state index is 13.5. The summed E-state index contributed by atoms with van der Waals surface area (Å²) < 4.78 is 0. The summed E-state index contributed by atoms with van der Waals surface area (Å²) in [6, 6.07) is 10.5. The van der Waals surface area contributed by atoms with Crippen LogP contribution in [0.1, 0.15) is 42.4 Å². The van der Waals surface area contributed by atoms with Crippen LogP contribution in [-0.4, -0.2) is 72.4 Å². The second-order valence-corrected chi connectivity index (χ2v) is 9.90. The molecule has 4 rings (SSSR count). The molecule has 1 aromatic heterocycles. The lowest BCUT2D eigenvalue weighted by atomic mass is 9.96. The molecule has 2 aliphatic rings. The van der Waals surface area contributed by atoms with Crippen molar-refractivity contribution in [2.24, 2.45) is 5.92 Å². The monoisotopic (exact) mass is 477 g/mol. The Morgan fingerprint density at radius 1 is 1.03 bits per heavy atom. The van der Waals surface area contributed by atoms with Gasteiger partial charge in [0.05, 0.1) is 0 Å². The minimum absolute atomic E-state index is 0.0408. The number of piperazine rings is 1. The lowest BCUT2D eigenvalue weighted by Crippen LogP contribution is -2.51. The number of benzene rings is 1. The first-order valence-corrected chi connectivity index (χ1v) is 13.0. The predicted molar refractivity (Wildman–Crippen MR) is 139 cm³/mol. The summed E-state index contributed by atoms with van der Waals surface area (Å²) in [6.45, 7) is 10.5. The third kappa shape index (κ3) is 6.82.